The molecule has 0 aliphatic rings. The van der Waals surface area contributed by atoms with Crippen molar-refractivity contribution >= 4 is 21.6 Å². The van der Waals surface area contributed by atoms with Gasteiger partial charge in [-0.2, -0.15) is 0 Å². The van der Waals surface area contributed by atoms with Gasteiger partial charge in [-0.1, -0.05) is 0 Å². The van der Waals surface area contributed by atoms with Crippen LogP contribution in [0.15, 0.2) is 17.6 Å². The SMILES string of the molecule is CC(N)c1c[nH]c2ccsc12. The van der Waals surface area contributed by atoms with E-state index in [9.17, 15) is 0 Å². The van der Waals surface area contributed by atoms with Crippen molar-refractivity contribution in [3.63, 3.8) is 0 Å². The summed E-state index contributed by atoms with van der Waals surface area (Å²) >= 11 is 1.74. The molecule has 3 N–H and O–H groups in total. The predicted octanol–water partition coefficient (Wildman–Crippen LogP) is 2.25. The van der Waals surface area contributed by atoms with Gasteiger partial charge in [0, 0.05) is 17.8 Å². The highest BCUT2D eigenvalue weighted by molar-refractivity contribution is 7.17. The number of nitrogens with one attached hydrogen (secondary N) is 1. The molecule has 0 aliphatic heterocycles. The van der Waals surface area contributed by atoms with Crippen LogP contribution in [0.3, 0.4) is 0 Å². The second kappa shape index (κ2) is 2.36. The Kier molecular flexibility index (Phi) is 1.47. The van der Waals surface area contributed by atoms with Crippen LogP contribution in [0.1, 0.15) is 18.5 Å². The normalized spacial score (nSPS) is 14.0. The Labute approximate surface area is 69.0 Å². The maximum absolute atomic E-state index is 5.77. The highest BCUT2D eigenvalue weighted by Gasteiger charge is 2.07. The fourth-order valence-corrected chi connectivity index (χ4v) is 2.18. The van der Waals surface area contributed by atoms with Crippen molar-refractivity contribution in [3.8, 4) is 0 Å². The van der Waals surface area contributed by atoms with Crippen LogP contribution in [0.4, 0.5) is 0 Å². The molecule has 0 fully saturated rings. The van der Waals surface area contributed by atoms with E-state index in [4.69, 9.17) is 5.73 Å². The molecule has 0 saturated carbocycles. The number of hydrogen-bond donors (Lipinski definition) is 2. The van der Waals surface area contributed by atoms with Crippen molar-refractivity contribution < 1.29 is 0 Å². The number of rotatable bonds is 1. The van der Waals surface area contributed by atoms with Gasteiger partial charge in [0.25, 0.3) is 0 Å². The fraction of sp³-hybridized carbons (Fsp3) is 0.250. The van der Waals surface area contributed by atoms with E-state index in [0.717, 1.165) is 0 Å². The van der Waals surface area contributed by atoms with Gasteiger partial charge in [0.1, 0.15) is 0 Å². The van der Waals surface area contributed by atoms with Crippen molar-refractivity contribution in [2.75, 3.05) is 0 Å². The van der Waals surface area contributed by atoms with Gasteiger partial charge < -0.3 is 10.7 Å². The molecule has 2 nitrogen and oxygen atoms in total. The van der Waals surface area contributed by atoms with Crippen molar-refractivity contribution in [3.05, 3.63) is 23.2 Å². The third-order valence-electron chi connectivity index (χ3n) is 1.80. The molecule has 2 aromatic heterocycles. The molecule has 0 spiro atoms. The van der Waals surface area contributed by atoms with E-state index in [-0.39, 0.29) is 6.04 Å². The van der Waals surface area contributed by atoms with E-state index in [2.05, 4.69) is 16.4 Å². The molecule has 0 bridgehead atoms. The zero-order chi connectivity index (χ0) is 7.84. The van der Waals surface area contributed by atoms with Crippen LogP contribution in [-0.2, 0) is 0 Å². The van der Waals surface area contributed by atoms with E-state index in [1.807, 2.05) is 13.1 Å². The fourth-order valence-electron chi connectivity index (χ4n) is 1.21. The van der Waals surface area contributed by atoms with Gasteiger partial charge in [-0.15, -0.1) is 11.3 Å². The van der Waals surface area contributed by atoms with Crippen LogP contribution in [0.5, 0.6) is 0 Å². The van der Waals surface area contributed by atoms with Crippen LogP contribution >= 0.6 is 11.3 Å². The lowest BCUT2D eigenvalue weighted by atomic mass is 10.2. The number of thiophene rings is 1. The molecule has 3 heteroatoms. The molecule has 58 valence electrons. The first-order valence-electron chi connectivity index (χ1n) is 3.59. The summed E-state index contributed by atoms with van der Waals surface area (Å²) in [6.07, 6.45) is 1.99. The highest BCUT2D eigenvalue weighted by atomic mass is 32.1. The first-order chi connectivity index (χ1) is 5.29. The van der Waals surface area contributed by atoms with Gasteiger partial charge in [0.05, 0.1) is 10.2 Å². The Morgan fingerprint density at radius 1 is 1.64 bits per heavy atom. The summed E-state index contributed by atoms with van der Waals surface area (Å²) in [5, 5.41) is 2.08. The lowest BCUT2D eigenvalue weighted by molar-refractivity contribution is 0.827. The third kappa shape index (κ3) is 0.968. The second-order valence-corrected chi connectivity index (χ2v) is 3.61. The number of H-pyrrole nitrogens is 1. The largest absolute Gasteiger partial charge is 0.360 e. The molecule has 0 amide bonds. The van der Waals surface area contributed by atoms with Gasteiger partial charge in [0.2, 0.25) is 0 Å². The first-order valence-corrected chi connectivity index (χ1v) is 4.47. The molecule has 2 heterocycles. The van der Waals surface area contributed by atoms with Crippen LogP contribution in [-0.4, -0.2) is 4.98 Å². The Bertz CT molecular complexity index is 359. The average Bonchev–Trinajstić information content (AvgIpc) is 2.41. The van der Waals surface area contributed by atoms with Crippen LogP contribution in [0, 0.1) is 0 Å². The van der Waals surface area contributed by atoms with Gasteiger partial charge in [-0.25, -0.2) is 0 Å². The minimum Gasteiger partial charge on any atom is -0.360 e. The second-order valence-electron chi connectivity index (χ2n) is 2.70. The maximum atomic E-state index is 5.77. The highest BCUT2D eigenvalue weighted by Crippen LogP contribution is 2.27. The van der Waals surface area contributed by atoms with E-state index in [1.54, 1.807) is 11.3 Å². The topological polar surface area (TPSA) is 41.8 Å². The first kappa shape index (κ1) is 6.88. The molecular formula is C8H10N2S. The molecule has 2 rings (SSSR count). The van der Waals surface area contributed by atoms with Crippen LogP contribution in [0.25, 0.3) is 10.2 Å². The lowest BCUT2D eigenvalue weighted by Gasteiger charge is -1.98. The minimum absolute atomic E-state index is 0.127. The van der Waals surface area contributed by atoms with E-state index in [0.29, 0.717) is 0 Å². The molecule has 0 aromatic carbocycles. The standard InChI is InChI=1S/C8H10N2S/c1-5(9)6-4-10-7-2-3-11-8(6)7/h2-5,10H,9H2,1H3. The van der Waals surface area contributed by atoms with Gasteiger partial charge in [-0.3, -0.25) is 0 Å². The minimum atomic E-state index is 0.127. The molecular weight excluding hydrogens is 156 g/mol. The Morgan fingerprint density at radius 2 is 2.45 bits per heavy atom. The van der Waals surface area contributed by atoms with Crippen LogP contribution < -0.4 is 5.73 Å². The van der Waals surface area contributed by atoms with Crippen molar-refractivity contribution in [2.45, 2.75) is 13.0 Å². The van der Waals surface area contributed by atoms with E-state index >= 15 is 0 Å². The molecule has 0 radical (unpaired) electrons. The number of fused-ring (bicyclic) bond motifs is 1. The predicted molar refractivity (Wildman–Crippen MR) is 48.8 cm³/mol. The smallest absolute Gasteiger partial charge is 0.0567 e. The summed E-state index contributed by atoms with van der Waals surface area (Å²) in [6.45, 7) is 2.00. The zero-order valence-corrected chi connectivity index (χ0v) is 7.11. The van der Waals surface area contributed by atoms with Gasteiger partial charge in [-0.05, 0) is 18.4 Å². The molecule has 11 heavy (non-hydrogen) atoms. The Balaban J connectivity index is 2.68. The molecule has 0 aliphatic carbocycles. The summed E-state index contributed by atoms with van der Waals surface area (Å²) < 4.78 is 1.29. The quantitative estimate of drug-likeness (QED) is 0.670. The van der Waals surface area contributed by atoms with Crippen molar-refractivity contribution in [2.24, 2.45) is 5.73 Å². The Morgan fingerprint density at radius 3 is 3.18 bits per heavy atom. The Hall–Kier alpha value is -0.800. The lowest BCUT2D eigenvalue weighted by Crippen LogP contribution is -2.02. The van der Waals surface area contributed by atoms with Gasteiger partial charge in [0.15, 0.2) is 0 Å². The molecule has 0 saturated heterocycles. The third-order valence-corrected chi connectivity index (χ3v) is 2.76. The summed E-state index contributed by atoms with van der Waals surface area (Å²) in [7, 11) is 0. The van der Waals surface area contributed by atoms with E-state index in [1.165, 1.54) is 15.8 Å². The molecule has 2 aromatic rings. The maximum Gasteiger partial charge on any atom is 0.0567 e. The average molecular weight is 166 g/mol. The molecule has 1 unspecified atom stereocenters. The zero-order valence-electron chi connectivity index (χ0n) is 6.29. The number of aromatic amines is 1. The van der Waals surface area contributed by atoms with Crippen molar-refractivity contribution in [1.82, 2.24) is 4.98 Å². The number of aromatic nitrogens is 1. The van der Waals surface area contributed by atoms with E-state index < -0.39 is 0 Å². The molecule has 1 atom stereocenters. The number of hydrogen-bond acceptors (Lipinski definition) is 2. The summed E-state index contributed by atoms with van der Waals surface area (Å²) in [4.78, 5) is 3.18. The van der Waals surface area contributed by atoms with Crippen molar-refractivity contribution in [1.29, 1.82) is 0 Å². The summed E-state index contributed by atoms with van der Waals surface area (Å²) in [5.74, 6) is 0. The van der Waals surface area contributed by atoms with Crippen LogP contribution in [0.2, 0.25) is 0 Å². The summed E-state index contributed by atoms with van der Waals surface area (Å²) in [6, 6.07) is 2.20. The summed E-state index contributed by atoms with van der Waals surface area (Å²) in [5.41, 5.74) is 8.18. The van der Waals surface area contributed by atoms with Gasteiger partial charge >= 0.3 is 0 Å². The monoisotopic (exact) mass is 166 g/mol. The number of nitrogens with two attached hydrogens (primary N) is 1.